The van der Waals surface area contributed by atoms with Gasteiger partial charge in [0.25, 0.3) is 0 Å². The Bertz CT molecular complexity index is 431. The number of carbonyl (C=O) groups excluding carboxylic acids is 1. The van der Waals surface area contributed by atoms with Gasteiger partial charge in [-0.2, -0.15) is 0 Å². The number of aromatic nitrogens is 1. The van der Waals surface area contributed by atoms with Gasteiger partial charge in [-0.3, -0.25) is 4.79 Å². The van der Waals surface area contributed by atoms with Gasteiger partial charge < -0.3 is 9.30 Å². The average molecular weight is 235 g/mol. The van der Waals surface area contributed by atoms with Crippen molar-refractivity contribution >= 4 is 5.78 Å². The van der Waals surface area contributed by atoms with Crippen LogP contribution in [0.2, 0.25) is 0 Å². The van der Waals surface area contributed by atoms with Gasteiger partial charge in [-0.05, 0) is 24.8 Å². The number of Topliss-reactive ketones (excluding diaryl/α,β-unsaturated/α-hetero) is 1. The number of fused-ring (bicyclic) bond motifs is 1. The van der Waals surface area contributed by atoms with E-state index in [1.807, 2.05) is 19.2 Å². The molecule has 0 bridgehead atoms. The molecular formula is C14H21NO2. The second-order valence-electron chi connectivity index (χ2n) is 5.82. The van der Waals surface area contributed by atoms with Gasteiger partial charge in [-0.1, -0.05) is 13.8 Å². The Morgan fingerprint density at radius 3 is 2.82 bits per heavy atom. The van der Waals surface area contributed by atoms with Gasteiger partial charge in [0, 0.05) is 37.5 Å². The Balaban J connectivity index is 2.31. The van der Waals surface area contributed by atoms with Crippen molar-refractivity contribution < 1.29 is 9.53 Å². The summed E-state index contributed by atoms with van der Waals surface area (Å²) < 4.78 is 7.46. The van der Waals surface area contributed by atoms with Crippen molar-refractivity contribution in [1.29, 1.82) is 0 Å². The van der Waals surface area contributed by atoms with Crippen LogP contribution in [0.15, 0.2) is 12.3 Å². The topological polar surface area (TPSA) is 31.2 Å². The largest absolute Gasteiger partial charge is 0.380 e. The molecular weight excluding hydrogens is 214 g/mol. The summed E-state index contributed by atoms with van der Waals surface area (Å²) in [5, 5.41) is 0. The van der Waals surface area contributed by atoms with Crippen LogP contribution in [0.5, 0.6) is 0 Å². The predicted octanol–water partition coefficient (Wildman–Crippen LogP) is 2.68. The normalized spacial score (nSPS) is 20.1. The van der Waals surface area contributed by atoms with E-state index in [0.29, 0.717) is 6.42 Å². The average Bonchev–Trinajstić information content (AvgIpc) is 2.60. The lowest BCUT2D eigenvalue weighted by Crippen LogP contribution is -2.29. The molecule has 2 rings (SSSR count). The number of rotatable bonds is 3. The molecule has 94 valence electrons. The SMILES string of the molecule is COC(C)Cn1ccc2c1CC(C)(C)CC2=O. The molecule has 0 spiro atoms. The molecule has 1 atom stereocenters. The first-order chi connectivity index (χ1) is 7.93. The highest BCUT2D eigenvalue weighted by Crippen LogP contribution is 2.35. The molecule has 0 saturated heterocycles. The fourth-order valence-corrected chi connectivity index (χ4v) is 2.52. The summed E-state index contributed by atoms with van der Waals surface area (Å²) in [6.07, 6.45) is 3.81. The Morgan fingerprint density at radius 2 is 2.18 bits per heavy atom. The Kier molecular flexibility index (Phi) is 3.13. The highest BCUT2D eigenvalue weighted by atomic mass is 16.5. The second-order valence-corrected chi connectivity index (χ2v) is 5.82. The van der Waals surface area contributed by atoms with Crippen LogP contribution in [0.1, 0.15) is 43.2 Å². The molecule has 3 nitrogen and oxygen atoms in total. The molecule has 1 heterocycles. The van der Waals surface area contributed by atoms with Crippen LogP contribution in [0.3, 0.4) is 0 Å². The molecule has 1 unspecified atom stereocenters. The molecule has 0 saturated carbocycles. The quantitative estimate of drug-likeness (QED) is 0.806. The Labute approximate surface area is 103 Å². The third-order valence-electron chi connectivity index (χ3n) is 3.52. The lowest BCUT2D eigenvalue weighted by molar-refractivity contribution is 0.0895. The Hall–Kier alpha value is -1.09. The number of ether oxygens (including phenoxy) is 1. The fourth-order valence-electron chi connectivity index (χ4n) is 2.52. The highest BCUT2D eigenvalue weighted by Gasteiger charge is 2.32. The summed E-state index contributed by atoms with van der Waals surface area (Å²) in [6.45, 7) is 7.17. The van der Waals surface area contributed by atoms with Crippen LogP contribution in [-0.4, -0.2) is 23.6 Å². The smallest absolute Gasteiger partial charge is 0.165 e. The van der Waals surface area contributed by atoms with Gasteiger partial charge in [0.1, 0.15) is 0 Å². The third kappa shape index (κ3) is 2.44. The van der Waals surface area contributed by atoms with Crippen LogP contribution in [0, 0.1) is 5.41 Å². The summed E-state index contributed by atoms with van der Waals surface area (Å²) in [6, 6.07) is 1.95. The molecule has 0 fully saturated rings. The number of hydrogen-bond acceptors (Lipinski definition) is 2. The van der Waals surface area contributed by atoms with E-state index >= 15 is 0 Å². The van der Waals surface area contributed by atoms with Crippen molar-refractivity contribution in [2.75, 3.05) is 7.11 Å². The van der Waals surface area contributed by atoms with Gasteiger partial charge in [0.05, 0.1) is 6.10 Å². The van der Waals surface area contributed by atoms with Crippen molar-refractivity contribution in [1.82, 2.24) is 4.57 Å². The molecule has 1 aliphatic carbocycles. The highest BCUT2D eigenvalue weighted by molar-refractivity contribution is 5.98. The molecule has 0 radical (unpaired) electrons. The maximum absolute atomic E-state index is 12.0. The summed E-state index contributed by atoms with van der Waals surface area (Å²) in [7, 11) is 1.72. The van der Waals surface area contributed by atoms with E-state index in [1.54, 1.807) is 7.11 Å². The standard InChI is InChI=1S/C14H21NO2/c1-10(17-4)9-15-6-5-11-12(15)7-14(2,3)8-13(11)16/h5-6,10H,7-9H2,1-4H3. The van der Waals surface area contributed by atoms with E-state index in [-0.39, 0.29) is 17.3 Å². The van der Waals surface area contributed by atoms with Gasteiger partial charge in [-0.15, -0.1) is 0 Å². The van der Waals surface area contributed by atoms with Crippen molar-refractivity contribution in [2.45, 2.75) is 46.3 Å². The van der Waals surface area contributed by atoms with Crippen LogP contribution in [0.25, 0.3) is 0 Å². The minimum Gasteiger partial charge on any atom is -0.380 e. The first-order valence-electron chi connectivity index (χ1n) is 6.17. The van der Waals surface area contributed by atoms with Crippen molar-refractivity contribution in [3.05, 3.63) is 23.5 Å². The molecule has 3 heteroatoms. The maximum atomic E-state index is 12.0. The van der Waals surface area contributed by atoms with Crippen LogP contribution in [-0.2, 0) is 17.7 Å². The van der Waals surface area contributed by atoms with Crippen LogP contribution < -0.4 is 0 Å². The number of hydrogen-bond donors (Lipinski definition) is 0. The van der Waals surface area contributed by atoms with Crippen molar-refractivity contribution in [3.8, 4) is 0 Å². The molecule has 0 aliphatic heterocycles. The monoisotopic (exact) mass is 235 g/mol. The first kappa shape index (κ1) is 12.4. The summed E-state index contributed by atoms with van der Waals surface area (Å²) >= 11 is 0. The molecule has 0 amide bonds. The van der Waals surface area contributed by atoms with Crippen LogP contribution in [0.4, 0.5) is 0 Å². The minimum absolute atomic E-state index is 0.0799. The molecule has 0 aromatic carbocycles. The summed E-state index contributed by atoms with van der Waals surface area (Å²) in [4.78, 5) is 12.0. The summed E-state index contributed by atoms with van der Waals surface area (Å²) in [5.41, 5.74) is 2.17. The lowest BCUT2D eigenvalue weighted by atomic mass is 9.76. The van der Waals surface area contributed by atoms with E-state index in [0.717, 1.165) is 18.5 Å². The van der Waals surface area contributed by atoms with Gasteiger partial charge in [0.15, 0.2) is 5.78 Å². The van der Waals surface area contributed by atoms with Crippen molar-refractivity contribution in [2.24, 2.45) is 5.41 Å². The number of ketones is 1. The van der Waals surface area contributed by atoms with Crippen LogP contribution >= 0.6 is 0 Å². The number of nitrogens with zero attached hydrogens (tertiary/aromatic N) is 1. The second kappa shape index (κ2) is 4.30. The number of carbonyl (C=O) groups is 1. The predicted molar refractivity (Wildman–Crippen MR) is 67.3 cm³/mol. The molecule has 17 heavy (non-hydrogen) atoms. The molecule has 1 aromatic rings. The molecule has 1 aliphatic rings. The lowest BCUT2D eigenvalue weighted by Gasteiger charge is -2.30. The van der Waals surface area contributed by atoms with E-state index in [9.17, 15) is 4.79 Å². The molecule has 1 aromatic heterocycles. The van der Waals surface area contributed by atoms with E-state index < -0.39 is 0 Å². The zero-order chi connectivity index (χ0) is 12.6. The van der Waals surface area contributed by atoms with E-state index in [1.165, 1.54) is 5.69 Å². The van der Waals surface area contributed by atoms with Gasteiger partial charge in [-0.25, -0.2) is 0 Å². The zero-order valence-corrected chi connectivity index (χ0v) is 11.1. The van der Waals surface area contributed by atoms with Gasteiger partial charge >= 0.3 is 0 Å². The third-order valence-corrected chi connectivity index (χ3v) is 3.52. The van der Waals surface area contributed by atoms with E-state index in [4.69, 9.17) is 4.74 Å². The van der Waals surface area contributed by atoms with Crippen molar-refractivity contribution in [3.63, 3.8) is 0 Å². The Morgan fingerprint density at radius 1 is 1.47 bits per heavy atom. The number of methoxy groups -OCH3 is 1. The minimum atomic E-state index is 0.0799. The fraction of sp³-hybridized carbons (Fsp3) is 0.643. The zero-order valence-electron chi connectivity index (χ0n) is 11.1. The summed E-state index contributed by atoms with van der Waals surface area (Å²) in [5.74, 6) is 0.278. The van der Waals surface area contributed by atoms with Gasteiger partial charge in [0.2, 0.25) is 0 Å². The maximum Gasteiger partial charge on any atom is 0.165 e. The van der Waals surface area contributed by atoms with E-state index in [2.05, 4.69) is 18.4 Å². The first-order valence-corrected chi connectivity index (χ1v) is 6.17. The molecule has 0 N–H and O–H groups in total.